The van der Waals surface area contributed by atoms with E-state index in [1.807, 2.05) is 30.3 Å². The molecule has 1 amide bonds. The molecule has 2 aromatic carbocycles. The fourth-order valence-electron chi connectivity index (χ4n) is 3.38. The third-order valence-electron chi connectivity index (χ3n) is 4.95. The Kier molecular flexibility index (Phi) is 5.07. The highest BCUT2D eigenvalue weighted by Crippen LogP contribution is 2.35. The Hall–Kier alpha value is -3.55. The number of aromatic nitrogens is 2. The summed E-state index contributed by atoms with van der Waals surface area (Å²) in [7, 11) is 4.77. The zero-order valence-electron chi connectivity index (χ0n) is 16.4. The number of anilines is 1. The number of nitrogens with zero attached hydrogens (tertiary/aromatic N) is 3. The number of hydrogen-bond donors (Lipinski definition) is 0. The van der Waals surface area contributed by atoms with E-state index in [9.17, 15) is 4.79 Å². The van der Waals surface area contributed by atoms with E-state index in [-0.39, 0.29) is 11.8 Å². The van der Waals surface area contributed by atoms with Gasteiger partial charge in [0, 0.05) is 24.7 Å². The van der Waals surface area contributed by atoms with E-state index >= 15 is 0 Å². The molecule has 150 valence electrons. The summed E-state index contributed by atoms with van der Waals surface area (Å²) in [5.41, 5.74) is 1.51. The molecule has 4 rings (SSSR count). The maximum atomic E-state index is 12.5. The molecule has 1 aliphatic rings. The van der Waals surface area contributed by atoms with Gasteiger partial charge < -0.3 is 23.6 Å². The third-order valence-corrected chi connectivity index (χ3v) is 4.95. The Balaban J connectivity index is 1.55. The predicted molar refractivity (Wildman–Crippen MR) is 106 cm³/mol. The Morgan fingerprint density at radius 3 is 2.41 bits per heavy atom. The number of amides is 1. The van der Waals surface area contributed by atoms with E-state index in [1.165, 1.54) is 0 Å². The van der Waals surface area contributed by atoms with Gasteiger partial charge in [0.2, 0.25) is 17.6 Å². The van der Waals surface area contributed by atoms with Gasteiger partial charge in [-0.25, -0.2) is 0 Å². The summed E-state index contributed by atoms with van der Waals surface area (Å²) in [6.07, 6.45) is 0.313. The molecular formula is C21H21N3O5. The first kappa shape index (κ1) is 18.8. The zero-order chi connectivity index (χ0) is 20.4. The highest BCUT2D eigenvalue weighted by Gasteiger charge is 2.35. The Morgan fingerprint density at radius 1 is 1.00 bits per heavy atom. The van der Waals surface area contributed by atoms with Crippen molar-refractivity contribution in [1.29, 1.82) is 0 Å². The minimum Gasteiger partial charge on any atom is -0.497 e. The van der Waals surface area contributed by atoms with Crippen LogP contribution in [0.4, 0.5) is 5.69 Å². The molecule has 0 bridgehead atoms. The number of rotatable bonds is 6. The minimum atomic E-state index is -0.171. The molecule has 0 spiro atoms. The van der Waals surface area contributed by atoms with Crippen molar-refractivity contribution in [3.63, 3.8) is 0 Å². The van der Waals surface area contributed by atoms with Crippen molar-refractivity contribution in [2.75, 3.05) is 32.8 Å². The van der Waals surface area contributed by atoms with E-state index in [2.05, 4.69) is 10.1 Å². The summed E-state index contributed by atoms with van der Waals surface area (Å²) < 4.78 is 21.3. The summed E-state index contributed by atoms with van der Waals surface area (Å²) in [5.74, 6) is 2.69. The number of methoxy groups -OCH3 is 3. The average Bonchev–Trinajstić information content (AvgIpc) is 3.40. The monoisotopic (exact) mass is 395 g/mol. The molecule has 8 nitrogen and oxygen atoms in total. The van der Waals surface area contributed by atoms with Gasteiger partial charge >= 0.3 is 0 Å². The molecule has 1 atom stereocenters. The van der Waals surface area contributed by atoms with Crippen LogP contribution in [0.25, 0.3) is 11.4 Å². The highest BCUT2D eigenvalue weighted by molar-refractivity contribution is 5.96. The van der Waals surface area contributed by atoms with Crippen molar-refractivity contribution < 1.29 is 23.5 Å². The Bertz CT molecular complexity index is 1020. The van der Waals surface area contributed by atoms with Gasteiger partial charge in [-0.3, -0.25) is 4.79 Å². The zero-order valence-corrected chi connectivity index (χ0v) is 16.4. The lowest BCUT2D eigenvalue weighted by molar-refractivity contribution is -0.117. The maximum absolute atomic E-state index is 12.5. The van der Waals surface area contributed by atoms with Crippen LogP contribution in [0.3, 0.4) is 0 Å². The quantitative estimate of drug-likeness (QED) is 0.633. The van der Waals surface area contributed by atoms with Crippen molar-refractivity contribution in [3.05, 3.63) is 48.4 Å². The normalized spacial score (nSPS) is 16.2. The summed E-state index contributed by atoms with van der Waals surface area (Å²) in [5, 5.41) is 4.09. The van der Waals surface area contributed by atoms with Crippen LogP contribution in [0.15, 0.2) is 47.0 Å². The van der Waals surface area contributed by atoms with E-state index in [4.69, 9.17) is 18.7 Å². The second kappa shape index (κ2) is 7.83. The molecule has 0 aliphatic carbocycles. The van der Waals surface area contributed by atoms with Crippen molar-refractivity contribution >= 4 is 11.6 Å². The van der Waals surface area contributed by atoms with Crippen LogP contribution in [-0.2, 0) is 4.79 Å². The van der Waals surface area contributed by atoms with Crippen LogP contribution < -0.4 is 19.1 Å². The summed E-state index contributed by atoms with van der Waals surface area (Å²) in [4.78, 5) is 18.8. The van der Waals surface area contributed by atoms with Crippen LogP contribution in [0.1, 0.15) is 18.2 Å². The largest absolute Gasteiger partial charge is 0.497 e. The molecule has 1 saturated heterocycles. The third kappa shape index (κ3) is 3.61. The van der Waals surface area contributed by atoms with Crippen LogP contribution >= 0.6 is 0 Å². The van der Waals surface area contributed by atoms with Gasteiger partial charge in [-0.15, -0.1) is 0 Å². The smallest absolute Gasteiger partial charge is 0.232 e. The first-order valence-electron chi connectivity index (χ1n) is 9.13. The number of hydrogen-bond acceptors (Lipinski definition) is 7. The standard InChI is InChI=1S/C21H21N3O5/c1-26-15-6-4-14(5-7-15)24-12-13(10-19(24)25)21-22-20(23-29-21)17-9-8-16(27-2)11-18(17)28-3/h4-9,11,13H,10,12H2,1-3H3/t13-/m1/s1. The van der Waals surface area contributed by atoms with Crippen LogP contribution in [0, 0.1) is 0 Å². The van der Waals surface area contributed by atoms with Crippen LogP contribution in [0.5, 0.6) is 17.2 Å². The van der Waals surface area contributed by atoms with Gasteiger partial charge in [0.25, 0.3) is 0 Å². The average molecular weight is 395 g/mol. The molecule has 3 aromatic rings. The first-order valence-corrected chi connectivity index (χ1v) is 9.13. The number of carbonyl (C=O) groups excluding carboxylic acids is 1. The molecule has 29 heavy (non-hydrogen) atoms. The van der Waals surface area contributed by atoms with Crippen molar-refractivity contribution in [1.82, 2.24) is 10.1 Å². The van der Waals surface area contributed by atoms with Gasteiger partial charge in [0.1, 0.15) is 17.2 Å². The Labute approximate surface area is 168 Å². The highest BCUT2D eigenvalue weighted by atomic mass is 16.5. The van der Waals surface area contributed by atoms with Crippen LogP contribution in [-0.4, -0.2) is 43.9 Å². The van der Waals surface area contributed by atoms with Gasteiger partial charge in [-0.2, -0.15) is 4.98 Å². The van der Waals surface area contributed by atoms with Crippen LogP contribution in [0.2, 0.25) is 0 Å². The van der Waals surface area contributed by atoms with Crippen molar-refractivity contribution in [2.45, 2.75) is 12.3 Å². The lowest BCUT2D eigenvalue weighted by Gasteiger charge is -2.16. The molecule has 2 heterocycles. The minimum absolute atomic E-state index is 0.0157. The van der Waals surface area contributed by atoms with Gasteiger partial charge in [-0.1, -0.05) is 5.16 Å². The van der Waals surface area contributed by atoms with Gasteiger partial charge in [0.15, 0.2) is 0 Å². The van der Waals surface area contributed by atoms with E-state index in [0.29, 0.717) is 41.7 Å². The number of ether oxygens (including phenoxy) is 3. The number of carbonyl (C=O) groups is 1. The van der Waals surface area contributed by atoms with Gasteiger partial charge in [0.05, 0.1) is 32.8 Å². The van der Waals surface area contributed by atoms with Crippen molar-refractivity contribution in [2.24, 2.45) is 0 Å². The topological polar surface area (TPSA) is 86.9 Å². The second-order valence-electron chi connectivity index (χ2n) is 6.63. The second-order valence-corrected chi connectivity index (χ2v) is 6.63. The lowest BCUT2D eigenvalue weighted by Crippen LogP contribution is -2.24. The summed E-state index contributed by atoms with van der Waals surface area (Å²) >= 11 is 0. The maximum Gasteiger partial charge on any atom is 0.232 e. The molecule has 0 unspecified atom stereocenters. The molecule has 1 aliphatic heterocycles. The molecule has 1 fully saturated rings. The van der Waals surface area contributed by atoms with Gasteiger partial charge in [-0.05, 0) is 36.4 Å². The fourth-order valence-corrected chi connectivity index (χ4v) is 3.38. The molecule has 8 heteroatoms. The molecule has 1 aromatic heterocycles. The first-order chi connectivity index (χ1) is 14.1. The predicted octanol–water partition coefficient (Wildman–Crippen LogP) is 3.28. The van der Waals surface area contributed by atoms with E-state index < -0.39 is 0 Å². The fraction of sp³-hybridized carbons (Fsp3) is 0.286. The summed E-state index contributed by atoms with van der Waals surface area (Å²) in [6.45, 7) is 0.479. The molecule has 0 saturated carbocycles. The van der Waals surface area contributed by atoms with E-state index in [1.54, 1.807) is 38.4 Å². The molecular weight excluding hydrogens is 374 g/mol. The SMILES string of the molecule is COc1ccc(N2C[C@H](c3nc(-c4ccc(OC)cc4OC)no3)CC2=O)cc1. The molecule has 0 radical (unpaired) electrons. The van der Waals surface area contributed by atoms with E-state index in [0.717, 1.165) is 11.4 Å². The lowest BCUT2D eigenvalue weighted by atomic mass is 10.1. The Morgan fingerprint density at radius 2 is 1.72 bits per heavy atom. The number of benzene rings is 2. The van der Waals surface area contributed by atoms with Crippen molar-refractivity contribution in [3.8, 4) is 28.6 Å². The molecule has 0 N–H and O–H groups in total. The summed E-state index contributed by atoms with van der Waals surface area (Å²) in [6, 6.07) is 12.8.